The number of hydrogen-bond acceptors (Lipinski definition) is 5. The van der Waals surface area contributed by atoms with Crippen molar-refractivity contribution in [2.75, 3.05) is 43.1 Å². The molecule has 32 heavy (non-hydrogen) atoms. The maximum Gasteiger partial charge on any atom is 0.258 e. The number of carbonyl (C=O) groups excluding carboxylic acids is 1. The maximum absolute atomic E-state index is 13.4. The van der Waals surface area contributed by atoms with Crippen LogP contribution in [0.5, 0.6) is 0 Å². The normalized spacial score (nSPS) is 18.8. The molecule has 3 heterocycles. The van der Waals surface area contributed by atoms with Gasteiger partial charge in [0.25, 0.3) is 5.91 Å². The summed E-state index contributed by atoms with van der Waals surface area (Å²) in [6.07, 6.45) is 11.5. The predicted octanol–water partition coefficient (Wildman–Crippen LogP) is 4.62. The molecule has 0 radical (unpaired) electrons. The van der Waals surface area contributed by atoms with Gasteiger partial charge in [0.2, 0.25) is 0 Å². The van der Waals surface area contributed by atoms with E-state index in [-0.39, 0.29) is 5.91 Å². The van der Waals surface area contributed by atoms with Gasteiger partial charge >= 0.3 is 0 Å². The fourth-order valence-corrected chi connectivity index (χ4v) is 4.57. The van der Waals surface area contributed by atoms with Gasteiger partial charge < -0.3 is 20.3 Å². The molecule has 2 aromatic rings. The van der Waals surface area contributed by atoms with E-state index in [0.717, 1.165) is 76.5 Å². The van der Waals surface area contributed by atoms with E-state index in [4.69, 9.17) is 4.74 Å². The summed E-state index contributed by atoms with van der Waals surface area (Å²) in [4.78, 5) is 19.5. The van der Waals surface area contributed by atoms with Gasteiger partial charge in [-0.25, -0.2) is 0 Å². The van der Waals surface area contributed by atoms with Gasteiger partial charge in [-0.05, 0) is 74.0 Å². The van der Waals surface area contributed by atoms with Crippen LogP contribution >= 0.6 is 0 Å². The Morgan fingerprint density at radius 2 is 1.84 bits per heavy atom. The molecule has 0 saturated carbocycles. The Morgan fingerprint density at radius 3 is 2.69 bits per heavy atom. The number of aromatic nitrogens is 1. The molecule has 172 valence electrons. The van der Waals surface area contributed by atoms with Gasteiger partial charge in [-0.15, -0.1) is 0 Å². The molecule has 1 saturated heterocycles. The average molecular weight is 437 g/mol. The first-order chi connectivity index (χ1) is 15.8. The number of hydrogen-bond donors (Lipinski definition) is 2. The Morgan fingerprint density at radius 1 is 1.06 bits per heavy atom. The zero-order chi connectivity index (χ0) is 22.0. The zero-order valence-corrected chi connectivity index (χ0v) is 19.0. The first-order valence-electron chi connectivity index (χ1n) is 12.2. The zero-order valence-electron chi connectivity index (χ0n) is 19.0. The van der Waals surface area contributed by atoms with Gasteiger partial charge in [-0.2, -0.15) is 0 Å². The minimum atomic E-state index is 0.0497. The molecule has 0 atom stereocenters. The number of amides is 1. The molecule has 6 heteroatoms. The quantitative estimate of drug-likeness (QED) is 0.732. The van der Waals surface area contributed by atoms with Crippen molar-refractivity contribution in [3.8, 4) is 0 Å². The van der Waals surface area contributed by atoms with Crippen molar-refractivity contribution in [2.45, 2.75) is 51.5 Å². The van der Waals surface area contributed by atoms with Crippen LogP contribution in [0.2, 0.25) is 0 Å². The van der Waals surface area contributed by atoms with E-state index in [1.54, 1.807) is 24.5 Å². The monoisotopic (exact) mass is 436 g/mol. The van der Waals surface area contributed by atoms with E-state index >= 15 is 0 Å². The Bertz CT molecular complexity index is 852. The molecular weight excluding hydrogens is 400 g/mol. The van der Waals surface area contributed by atoms with E-state index in [9.17, 15) is 4.79 Å². The van der Waals surface area contributed by atoms with Crippen LogP contribution in [-0.2, 0) is 11.3 Å². The topological polar surface area (TPSA) is 66.5 Å². The minimum absolute atomic E-state index is 0.0497. The number of nitrogens with zero attached hydrogens (tertiary/aromatic N) is 2. The largest absolute Gasteiger partial charge is 0.385 e. The van der Waals surface area contributed by atoms with Crippen LogP contribution in [0.15, 0.2) is 42.7 Å². The second-order valence-corrected chi connectivity index (χ2v) is 8.92. The summed E-state index contributed by atoms with van der Waals surface area (Å²) in [5.41, 5.74) is 4.00. The van der Waals surface area contributed by atoms with Gasteiger partial charge in [0, 0.05) is 62.2 Å². The smallest absolute Gasteiger partial charge is 0.258 e. The number of fused-ring (bicyclic) bond motifs is 1. The number of pyridine rings is 1. The molecular formula is C26H36N4O2. The van der Waals surface area contributed by atoms with Gasteiger partial charge in [-0.3, -0.25) is 9.78 Å². The lowest BCUT2D eigenvalue weighted by molar-refractivity contribution is 0.0699. The molecule has 2 N–H and O–H groups in total. The van der Waals surface area contributed by atoms with Crippen LogP contribution in [-0.4, -0.2) is 43.7 Å². The summed E-state index contributed by atoms with van der Waals surface area (Å²) >= 11 is 0. The van der Waals surface area contributed by atoms with Gasteiger partial charge in [0.15, 0.2) is 0 Å². The number of ether oxygens (including phenoxy) is 1. The van der Waals surface area contributed by atoms with Crippen LogP contribution in [0.3, 0.4) is 0 Å². The first kappa shape index (κ1) is 22.7. The van der Waals surface area contributed by atoms with E-state index in [0.29, 0.717) is 11.5 Å². The molecule has 4 rings (SSSR count). The summed E-state index contributed by atoms with van der Waals surface area (Å²) in [7, 11) is 0. The lowest BCUT2D eigenvalue weighted by atomic mass is 10.00. The SMILES string of the molecule is O=C(c1ccncc1)N1CCCCCCCNCc2cc(NCC3CCOCC3)ccc21. The highest BCUT2D eigenvalue weighted by Crippen LogP contribution is 2.28. The number of benzene rings is 1. The summed E-state index contributed by atoms with van der Waals surface area (Å²) in [6, 6.07) is 10.1. The standard InChI is InChI=1S/C26H36N4O2/c31-26(22-8-13-27-14-9-22)30-15-5-3-1-2-4-12-28-20-23-18-24(6-7-25(23)30)29-19-21-10-16-32-17-11-21/h6-9,13-14,18,21,28-29H,1-5,10-12,15-17,19-20H2. The molecule has 1 fully saturated rings. The Labute approximate surface area is 191 Å². The van der Waals surface area contributed by atoms with Crippen molar-refractivity contribution in [1.29, 1.82) is 0 Å². The summed E-state index contributed by atoms with van der Waals surface area (Å²) < 4.78 is 5.49. The molecule has 0 unspecified atom stereocenters. The summed E-state index contributed by atoms with van der Waals surface area (Å²) in [5, 5.41) is 7.23. The fraction of sp³-hybridized carbons (Fsp3) is 0.538. The van der Waals surface area contributed by atoms with Crippen molar-refractivity contribution in [3.63, 3.8) is 0 Å². The summed E-state index contributed by atoms with van der Waals surface area (Å²) in [6.45, 7) is 5.22. The third-order valence-corrected chi connectivity index (χ3v) is 6.53. The number of rotatable bonds is 4. The Kier molecular flexibility index (Phi) is 8.51. The molecule has 1 aromatic carbocycles. The van der Waals surface area contributed by atoms with E-state index in [2.05, 4.69) is 33.8 Å². The third kappa shape index (κ3) is 6.30. The van der Waals surface area contributed by atoms with Crippen LogP contribution < -0.4 is 15.5 Å². The van der Waals surface area contributed by atoms with Crippen molar-refractivity contribution < 1.29 is 9.53 Å². The lowest BCUT2D eigenvalue weighted by Crippen LogP contribution is -2.33. The second kappa shape index (κ2) is 12.0. The fourth-order valence-electron chi connectivity index (χ4n) is 4.57. The van der Waals surface area contributed by atoms with Gasteiger partial charge in [0.1, 0.15) is 0 Å². The van der Waals surface area contributed by atoms with Crippen LogP contribution in [0, 0.1) is 5.92 Å². The van der Waals surface area contributed by atoms with Crippen molar-refractivity contribution in [3.05, 3.63) is 53.9 Å². The predicted molar refractivity (Wildman–Crippen MR) is 129 cm³/mol. The molecule has 1 aromatic heterocycles. The third-order valence-electron chi connectivity index (χ3n) is 6.53. The molecule has 2 aliphatic heterocycles. The van der Waals surface area contributed by atoms with Crippen LogP contribution in [0.25, 0.3) is 0 Å². The van der Waals surface area contributed by atoms with E-state index in [1.807, 2.05) is 4.90 Å². The highest BCUT2D eigenvalue weighted by Gasteiger charge is 2.21. The molecule has 1 amide bonds. The number of carbonyl (C=O) groups is 1. The van der Waals surface area contributed by atoms with E-state index in [1.165, 1.54) is 24.8 Å². The van der Waals surface area contributed by atoms with Crippen LogP contribution in [0.4, 0.5) is 11.4 Å². The molecule has 0 aliphatic carbocycles. The Balaban J connectivity index is 1.57. The average Bonchev–Trinajstić information content (AvgIpc) is 2.84. The van der Waals surface area contributed by atoms with Crippen molar-refractivity contribution in [1.82, 2.24) is 10.3 Å². The molecule has 0 spiro atoms. The highest BCUT2D eigenvalue weighted by atomic mass is 16.5. The summed E-state index contributed by atoms with van der Waals surface area (Å²) in [5.74, 6) is 0.709. The highest BCUT2D eigenvalue weighted by molar-refractivity contribution is 6.06. The lowest BCUT2D eigenvalue weighted by Gasteiger charge is -2.27. The van der Waals surface area contributed by atoms with Gasteiger partial charge in [0.05, 0.1) is 0 Å². The second-order valence-electron chi connectivity index (χ2n) is 8.92. The number of nitrogens with one attached hydrogen (secondary N) is 2. The van der Waals surface area contributed by atoms with Crippen LogP contribution in [0.1, 0.15) is 60.9 Å². The van der Waals surface area contributed by atoms with Gasteiger partial charge in [-0.1, -0.05) is 19.3 Å². The van der Waals surface area contributed by atoms with E-state index < -0.39 is 0 Å². The van der Waals surface area contributed by atoms with Crippen molar-refractivity contribution >= 4 is 17.3 Å². The molecule has 6 nitrogen and oxygen atoms in total. The molecule has 0 bridgehead atoms. The first-order valence-corrected chi connectivity index (χ1v) is 12.2. The Hall–Kier alpha value is -2.44. The number of anilines is 2. The molecule has 2 aliphatic rings. The minimum Gasteiger partial charge on any atom is -0.385 e. The van der Waals surface area contributed by atoms with Crippen molar-refractivity contribution in [2.24, 2.45) is 5.92 Å². The maximum atomic E-state index is 13.4.